The van der Waals surface area contributed by atoms with Gasteiger partial charge in [0.05, 0.1) is 0 Å². The van der Waals surface area contributed by atoms with Crippen LogP contribution in [0.4, 0.5) is 0 Å². The molecule has 0 amide bonds. The van der Waals surface area contributed by atoms with Crippen molar-refractivity contribution in [1.29, 1.82) is 0 Å². The number of nitrogens with zero attached hydrogens (tertiary/aromatic N) is 2. The van der Waals surface area contributed by atoms with Gasteiger partial charge >= 0.3 is 0 Å². The second-order valence-electron chi connectivity index (χ2n) is 6.79. The Morgan fingerprint density at radius 3 is 2.63 bits per heavy atom. The molecular weight excluding hydrogens is 234 g/mol. The number of likely N-dealkylation sites (tertiary alicyclic amines) is 2. The molecule has 0 aromatic carbocycles. The van der Waals surface area contributed by atoms with Crippen LogP contribution in [-0.4, -0.2) is 61.7 Å². The van der Waals surface area contributed by atoms with Gasteiger partial charge in [-0.15, -0.1) is 0 Å². The minimum absolute atomic E-state index is 0.773. The first-order valence-electron chi connectivity index (χ1n) is 8.43. The summed E-state index contributed by atoms with van der Waals surface area (Å²) in [6.45, 7) is 13.5. The van der Waals surface area contributed by atoms with Crippen LogP contribution in [0.25, 0.3) is 0 Å². The van der Waals surface area contributed by atoms with E-state index in [0.717, 1.165) is 18.5 Å². The third-order valence-electron chi connectivity index (χ3n) is 4.54. The van der Waals surface area contributed by atoms with Crippen LogP contribution in [0.15, 0.2) is 0 Å². The molecule has 2 aliphatic rings. The molecule has 1 N–H and O–H groups in total. The average molecular weight is 267 g/mol. The van der Waals surface area contributed by atoms with Gasteiger partial charge in [0.2, 0.25) is 0 Å². The van der Waals surface area contributed by atoms with Gasteiger partial charge in [0.25, 0.3) is 0 Å². The quantitative estimate of drug-likeness (QED) is 0.713. The van der Waals surface area contributed by atoms with E-state index in [9.17, 15) is 0 Å². The van der Waals surface area contributed by atoms with Crippen LogP contribution in [-0.2, 0) is 0 Å². The van der Waals surface area contributed by atoms with Crippen molar-refractivity contribution in [2.45, 2.75) is 52.0 Å². The zero-order valence-corrected chi connectivity index (χ0v) is 13.0. The maximum atomic E-state index is 3.55. The van der Waals surface area contributed by atoms with Crippen LogP contribution < -0.4 is 5.32 Å². The molecule has 0 aliphatic carbocycles. The number of rotatable bonds is 7. The molecule has 2 fully saturated rings. The topological polar surface area (TPSA) is 18.5 Å². The first-order chi connectivity index (χ1) is 9.25. The van der Waals surface area contributed by atoms with Crippen LogP contribution in [0, 0.1) is 5.92 Å². The maximum absolute atomic E-state index is 3.55. The molecule has 0 aromatic heterocycles. The summed E-state index contributed by atoms with van der Waals surface area (Å²) >= 11 is 0. The molecule has 2 heterocycles. The maximum Gasteiger partial charge on any atom is 0.0235 e. The van der Waals surface area contributed by atoms with Gasteiger partial charge < -0.3 is 10.2 Å². The molecule has 19 heavy (non-hydrogen) atoms. The summed E-state index contributed by atoms with van der Waals surface area (Å²) < 4.78 is 0. The minimum atomic E-state index is 0.773. The molecule has 2 rings (SSSR count). The lowest BCUT2D eigenvalue weighted by Crippen LogP contribution is -2.41. The number of hydrogen-bond donors (Lipinski definition) is 1. The Hall–Kier alpha value is -0.120. The van der Waals surface area contributed by atoms with Gasteiger partial charge in [0.1, 0.15) is 0 Å². The van der Waals surface area contributed by atoms with Crippen LogP contribution in [0.5, 0.6) is 0 Å². The lowest BCUT2D eigenvalue weighted by molar-refractivity contribution is 0.162. The van der Waals surface area contributed by atoms with E-state index in [-0.39, 0.29) is 0 Å². The molecule has 112 valence electrons. The predicted molar refractivity (Wildman–Crippen MR) is 82.6 cm³/mol. The fourth-order valence-electron chi connectivity index (χ4n) is 3.42. The molecule has 1 atom stereocenters. The Kier molecular flexibility index (Phi) is 6.62. The standard InChI is InChI=1S/C16H33N3/c1-15(2)13-17-8-6-9-18-12-7-16(14-18)19-10-4-3-5-11-19/h15-17H,3-14H2,1-2H3. The molecule has 0 saturated carbocycles. The third-order valence-corrected chi connectivity index (χ3v) is 4.54. The number of nitrogens with one attached hydrogen (secondary N) is 1. The molecule has 0 aromatic rings. The Morgan fingerprint density at radius 1 is 1.11 bits per heavy atom. The molecule has 1 unspecified atom stereocenters. The highest BCUT2D eigenvalue weighted by Gasteiger charge is 2.27. The molecule has 2 saturated heterocycles. The number of piperidine rings is 1. The Bertz CT molecular complexity index is 236. The summed E-state index contributed by atoms with van der Waals surface area (Å²) in [7, 11) is 0. The lowest BCUT2D eigenvalue weighted by atomic mass is 10.1. The van der Waals surface area contributed by atoms with E-state index >= 15 is 0 Å². The summed E-state index contributed by atoms with van der Waals surface area (Å²) in [5, 5.41) is 3.55. The van der Waals surface area contributed by atoms with E-state index in [1.165, 1.54) is 71.4 Å². The van der Waals surface area contributed by atoms with Crippen LogP contribution >= 0.6 is 0 Å². The lowest BCUT2D eigenvalue weighted by Gasteiger charge is -2.32. The highest BCUT2D eigenvalue weighted by molar-refractivity contribution is 4.84. The van der Waals surface area contributed by atoms with Crippen molar-refractivity contribution >= 4 is 0 Å². The second kappa shape index (κ2) is 8.23. The van der Waals surface area contributed by atoms with Crippen LogP contribution in [0.1, 0.15) is 46.0 Å². The van der Waals surface area contributed by atoms with E-state index in [2.05, 4.69) is 29.0 Å². The number of hydrogen-bond acceptors (Lipinski definition) is 3. The van der Waals surface area contributed by atoms with E-state index in [1.54, 1.807) is 0 Å². The van der Waals surface area contributed by atoms with Gasteiger partial charge in [0, 0.05) is 12.6 Å². The van der Waals surface area contributed by atoms with Crippen molar-refractivity contribution in [3.05, 3.63) is 0 Å². The molecule has 0 spiro atoms. The first-order valence-corrected chi connectivity index (χ1v) is 8.43. The molecule has 0 bridgehead atoms. The molecule has 3 nitrogen and oxygen atoms in total. The zero-order chi connectivity index (χ0) is 13.5. The van der Waals surface area contributed by atoms with Gasteiger partial charge in [-0.3, -0.25) is 4.90 Å². The molecular formula is C16H33N3. The van der Waals surface area contributed by atoms with E-state index in [4.69, 9.17) is 0 Å². The Balaban J connectivity index is 1.54. The van der Waals surface area contributed by atoms with Gasteiger partial charge in [-0.25, -0.2) is 0 Å². The summed E-state index contributed by atoms with van der Waals surface area (Å²) in [6.07, 6.45) is 7.01. The highest BCUT2D eigenvalue weighted by Crippen LogP contribution is 2.20. The average Bonchev–Trinajstić information content (AvgIpc) is 2.88. The zero-order valence-electron chi connectivity index (χ0n) is 13.0. The van der Waals surface area contributed by atoms with Crippen molar-refractivity contribution in [2.75, 3.05) is 45.8 Å². The SMILES string of the molecule is CC(C)CNCCCN1CCC(N2CCCCC2)C1. The smallest absolute Gasteiger partial charge is 0.0235 e. The fourth-order valence-corrected chi connectivity index (χ4v) is 3.42. The van der Waals surface area contributed by atoms with Crippen LogP contribution in [0.2, 0.25) is 0 Å². The first kappa shape index (κ1) is 15.3. The van der Waals surface area contributed by atoms with E-state index < -0.39 is 0 Å². The van der Waals surface area contributed by atoms with Crippen molar-refractivity contribution in [3.63, 3.8) is 0 Å². The molecule has 2 aliphatic heterocycles. The van der Waals surface area contributed by atoms with Gasteiger partial charge in [-0.2, -0.15) is 0 Å². The second-order valence-corrected chi connectivity index (χ2v) is 6.79. The third kappa shape index (κ3) is 5.41. The highest BCUT2D eigenvalue weighted by atomic mass is 15.3. The predicted octanol–water partition coefficient (Wildman–Crippen LogP) is 2.18. The van der Waals surface area contributed by atoms with Gasteiger partial charge in [0.15, 0.2) is 0 Å². The largest absolute Gasteiger partial charge is 0.316 e. The van der Waals surface area contributed by atoms with Crippen LogP contribution in [0.3, 0.4) is 0 Å². The summed E-state index contributed by atoms with van der Waals surface area (Å²) in [4.78, 5) is 5.43. The van der Waals surface area contributed by atoms with Crippen molar-refractivity contribution in [2.24, 2.45) is 5.92 Å². The van der Waals surface area contributed by atoms with E-state index in [1.807, 2.05) is 0 Å². The Labute approximate surface area is 119 Å². The molecule has 3 heteroatoms. The summed E-state index contributed by atoms with van der Waals surface area (Å²) in [6, 6.07) is 0.865. The monoisotopic (exact) mass is 267 g/mol. The van der Waals surface area contributed by atoms with Gasteiger partial charge in [-0.1, -0.05) is 20.3 Å². The Morgan fingerprint density at radius 2 is 1.89 bits per heavy atom. The summed E-state index contributed by atoms with van der Waals surface area (Å²) in [5.74, 6) is 0.773. The van der Waals surface area contributed by atoms with Crippen molar-refractivity contribution in [1.82, 2.24) is 15.1 Å². The summed E-state index contributed by atoms with van der Waals surface area (Å²) in [5.41, 5.74) is 0. The minimum Gasteiger partial charge on any atom is -0.316 e. The molecule has 0 radical (unpaired) electrons. The van der Waals surface area contributed by atoms with Gasteiger partial charge in [-0.05, 0) is 70.9 Å². The normalized spacial score (nSPS) is 26.4. The fraction of sp³-hybridized carbons (Fsp3) is 1.00. The van der Waals surface area contributed by atoms with E-state index in [0.29, 0.717) is 0 Å². The van der Waals surface area contributed by atoms with Crippen molar-refractivity contribution < 1.29 is 0 Å². The van der Waals surface area contributed by atoms with Crippen molar-refractivity contribution in [3.8, 4) is 0 Å².